The number of nitrogens with zero attached hydrogens (tertiary/aromatic N) is 2. The third-order valence-electron chi connectivity index (χ3n) is 5.22. The van der Waals surface area contributed by atoms with Crippen LogP contribution in [0.15, 0.2) is 72.7 Å². The molecular formula is C25H23N3O2. The van der Waals surface area contributed by atoms with Gasteiger partial charge in [0.25, 0.3) is 11.8 Å². The van der Waals surface area contributed by atoms with Crippen molar-refractivity contribution in [2.75, 3.05) is 5.32 Å². The third kappa shape index (κ3) is 3.74. The van der Waals surface area contributed by atoms with Crippen molar-refractivity contribution in [2.45, 2.75) is 27.3 Å². The number of amides is 2. The number of aryl methyl sites for hydroxylation is 3. The van der Waals surface area contributed by atoms with E-state index in [1.807, 2.05) is 69.3 Å². The van der Waals surface area contributed by atoms with Crippen molar-refractivity contribution in [1.82, 2.24) is 9.88 Å². The predicted molar refractivity (Wildman–Crippen MR) is 117 cm³/mol. The second-order valence-electron chi connectivity index (χ2n) is 7.62. The molecule has 2 aromatic carbocycles. The summed E-state index contributed by atoms with van der Waals surface area (Å²) in [5.41, 5.74) is 6.21. The Morgan fingerprint density at radius 3 is 2.33 bits per heavy atom. The van der Waals surface area contributed by atoms with Crippen molar-refractivity contribution in [3.63, 3.8) is 0 Å². The van der Waals surface area contributed by atoms with Crippen molar-refractivity contribution in [2.24, 2.45) is 0 Å². The zero-order chi connectivity index (χ0) is 21.3. The van der Waals surface area contributed by atoms with E-state index in [1.165, 1.54) is 4.90 Å². The number of nitrogens with one attached hydrogen (secondary N) is 1. The van der Waals surface area contributed by atoms with Crippen LogP contribution in [0.1, 0.15) is 27.8 Å². The molecule has 1 aromatic heterocycles. The van der Waals surface area contributed by atoms with E-state index in [0.717, 1.165) is 33.5 Å². The van der Waals surface area contributed by atoms with E-state index >= 15 is 0 Å². The lowest BCUT2D eigenvalue weighted by Crippen LogP contribution is -2.32. The van der Waals surface area contributed by atoms with Crippen molar-refractivity contribution < 1.29 is 9.59 Å². The van der Waals surface area contributed by atoms with Crippen LogP contribution in [0.3, 0.4) is 0 Å². The number of anilines is 1. The molecular weight excluding hydrogens is 374 g/mol. The number of carbonyl (C=O) groups excluding carboxylic acids is 2. The summed E-state index contributed by atoms with van der Waals surface area (Å²) in [5.74, 6) is -0.638. The van der Waals surface area contributed by atoms with E-state index in [1.54, 1.807) is 18.5 Å². The minimum absolute atomic E-state index is 0.179. The summed E-state index contributed by atoms with van der Waals surface area (Å²) in [5, 5.41) is 3.26. The molecule has 0 fully saturated rings. The molecule has 3 aromatic rings. The molecule has 2 heterocycles. The van der Waals surface area contributed by atoms with E-state index < -0.39 is 0 Å². The van der Waals surface area contributed by atoms with Crippen molar-refractivity contribution >= 4 is 23.1 Å². The lowest BCUT2D eigenvalue weighted by molar-refractivity contribution is -0.137. The first-order chi connectivity index (χ1) is 14.4. The molecule has 5 heteroatoms. The zero-order valence-electron chi connectivity index (χ0n) is 17.3. The molecule has 150 valence electrons. The Morgan fingerprint density at radius 2 is 1.63 bits per heavy atom. The van der Waals surface area contributed by atoms with Gasteiger partial charge in [-0.15, -0.1) is 0 Å². The number of carbonyl (C=O) groups is 2. The summed E-state index contributed by atoms with van der Waals surface area (Å²) in [6.07, 6.45) is 3.34. The quantitative estimate of drug-likeness (QED) is 0.648. The summed E-state index contributed by atoms with van der Waals surface area (Å²) in [6, 6.07) is 17.3. The zero-order valence-corrected chi connectivity index (χ0v) is 17.3. The minimum atomic E-state index is -0.333. The Bertz CT molecular complexity index is 1150. The SMILES string of the molecule is Cc1ccc(C2=C(Nc3cc(C)ccc3C)C(=O)N(Cc3cccnc3)C2=O)cc1. The molecule has 30 heavy (non-hydrogen) atoms. The Labute approximate surface area is 176 Å². The van der Waals surface area contributed by atoms with Gasteiger partial charge in [0.2, 0.25) is 0 Å². The van der Waals surface area contributed by atoms with E-state index in [2.05, 4.69) is 10.3 Å². The molecule has 1 N–H and O–H groups in total. The molecule has 4 rings (SSSR count). The number of pyridine rings is 1. The number of hydrogen-bond acceptors (Lipinski definition) is 4. The van der Waals surface area contributed by atoms with Gasteiger partial charge in [-0.25, -0.2) is 0 Å². The third-order valence-corrected chi connectivity index (χ3v) is 5.22. The van der Waals surface area contributed by atoms with Crippen molar-refractivity contribution in [3.05, 3.63) is 101 Å². The van der Waals surface area contributed by atoms with E-state index in [0.29, 0.717) is 11.3 Å². The average molecular weight is 397 g/mol. The van der Waals surface area contributed by atoms with Gasteiger partial charge in [-0.05, 0) is 55.2 Å². The predicted octanol–water partition coefficient (Wildman–Crippen LogP) is 4.40. The standard InChI is InChI=1S/C25H23N3O2/c1-16-7-10-20(11-8-16)22-23(27-21-13-17(2)6-9-18(21)3)25(30)28(24(22)29)15-19-5-4-12-26-14-19/h4-14,27H,15H2,1-3H3. The molecule has 0 saturated carbocycles. The highest BCUT2D eigenvalue weighted by Crippen LogP contribution is 2.32. The van der Waals surface area contributed by atoms with Crippen LogP contribution < -0.4 is 5.32 Å². The van der Waals surface area contributed by atoms with Gasteiger partial charge < -0.3 is 5.32 Å². The summed E-state index contributed by atoms with van der Waals surface area (Å²) in [4.78, 5) is 32.1. The van der Waals surface area contributed by atoms with Crippen LogP contribution in [0.2, 0.25) is 0 Å². The molecule has 2 amide bonds. The monoisotopic (exact) mass is 397 g/mol. The summed E-state index contributed by atoms with van der Waals surface area (Å²) < 4.78 is 0. The van der Waals surface area contributed by atoms with Crippen LogP contribution in [0.25, 0.3) is 5.57 Å². The Kier molecular flexibility index (Phi) is 5.19. The summed E-state index contributed by atoms with van der Waals surface area (Å²) in [7, 11) is 0. The molecule has 0 aliphatic carbocycles. The maximum atomic E-state index is 13.3. The average Bonchev–Trinajstić information content (AvgIpc) is 2.96. The maximum Gasteiger partial charge on any atom is 0.278 e. The first-order valence-electron chi connectivity index (χ1n) is 9.85. The number of imide groups is 1. The molecule has 5 nitrogen and oxygen atoms in total. The summed E-state index contributed by atoms with van der Waals surface area (Å²) >= 11 is 0. The highest BCUT2D eigenvalue weighted by Gasteiger charge is 2.39. The number of benzene rings is 2. The van der Waals surface area contributed by atoms with Gasteiger partial charge in [-0.1, -0.05) is 48.0 Å². The molecule has 0 atom stereocenters. The summed E-state index contributed by atoms with van der Waals surface area (Å²) in [6.45, 7) is 6.14. The number of rotatable bonds is 5. The van der Waals surface area contributed by atoms with Crippen molar-refractivity contribution in [3.8, 4) is 0 Å². The first kappa shape index (κ1) is 19.6. The van der Waals surface area contributed by atoms with Crippen LogP contribution in [-0.2, 0) is 16.1 Å². The highest BCUT2D eigenvalue weighted by atomic mass is 16.2. The smallest absolute Gasteiger partial charge is 0.278 e. The Morgan fingerprint density at radius 1 is 0.900 bits per heavy atom. The second-order valence-corrected chi connectivity index (χ2v) is 7.62. The van der Waals surface area contributed by atoms with Crippen LogP contribution in [0, 0.1) is 20.8 Å². The van der Waals surface area contributed by atoms with Crippen LogP contribution in [0.5, 0.6) is 0 Å². The maximum absolute atomic E-state index is 13.3. The molecule has 0 spiro atoms. The van der Waals surface area contributed by atoms with Gasteiger partial charge in [0.1, 0.15) is 5.70 Å². The lowest BCUT2D eigenvalue weighted by atomic mass is 10.0. The van der Waals surface area contributed by atoms with E-state index in [9.17, 15) is 9.59 Å². The highest BCUT2D eigenvalue weighted by molar-refractivity contribution is 6.36. The largest absolute Gasteiger partial charge is 0.350 e. The Hall–Kier alpha value is -3.73. The van der Waals surface area contributed by atoms with Gasteiger partial charge in [-0.3, -0.25) is 19.5 Å². The fourth-order valence-electron chi connectivity index (χ4n) is 3.50. The van der Waals surface area contributed by atoms with Gasteiger partial charge in [0.05, 0.1) is 12.1 Å². The fraction of sp³-hybridized carbons (Fsp3) is 0.160. The normalized spacial score (nSPS) is 13.9. The number of hydrogen-bond donors (Lipinski definition) is 1. The topological polar surface area (TPSA) is 62.3 Å². The molecule has 0 bridgehead atoms. The van der Waals surface area contributed by atoms with Crippen LogP contribution >= 0.6 is 0 Å². The molecule has 0 saturated heterocycles. The van der Waals surface area contributed by atoms with Gasteiger partial charge >= 0.3 is 0 Å². The van der Waals surface area contributed by atoms with Gasteiger partial charge in [0, 0.05) is 18.1 Å². The Balaban J connectivity index is 1.77. The fourth-order valence-corrected chi connectivity index (χ4v) is 3.50. The number of aromatic nitrogens is 1. The van der Waals surface area contributed by atoms with E-state index in [-0.39, 0.29) is 18.4 Å². The van der Waals surface area contributed by atoms with E-state index in [4.69, 9.17) is 0 Å². The molecule has 1 aliphatic rings. The van der Waals surface area contributed by atoms with Crippen LogP contribution in [0.4, 0.5) is 5.69 Å². The van der Waals surface area contributed by atoms with Gasteiger partial charge in [0.15, 0.2) is 0 Å². The molecule has 1 aliphatic heterocycles. The molecule has 0 radical (unpaired) electrons. The second kappa shape index (κ2) is 7.95. The van der Waals surface area contributed by atoms with Crippen LogP contribution in [-0.4, -0.2) is 21.7 Å². The first-order valence-corrected chi connectivity index (χ1v) is 9.85. The molecule has 0 unspecified atom stereocenters. The lowest BCUT2D eigenvalue weighted by Gasteiger charge is -2.15. The van der Waals surface area contributed by atoms with Crippen molar-refractivity contribution in [1.29, 1.82) is 0 Å². The minimum Gasteiger partial charge on any atom is -0.350 e. The van der Waals surface area contributed by atoms with Gasteiger partial charge in [-0.2, -0.15) is 0 Å².